The van der Waals surface area contributed by atoms with E-state index in [0.717, 1.165) is 15.6 Å². The van der Waals surface area contributed by atoms with Crippen molar-refractivity contribution in [3.05, 3.63) is 27.7 Å². The molecule has 1 aliphatic rings. The fourth-order valence-corrected chi connectivity index (χ4v) is 4.25. The Bertz CT molecular complexity index is 557. The summed E-state index contributed by atoms with van der Waals surface area (Å²) in [5.74, 6) is 0. The molecule has 0 unspecified atom stereocenters. The van der Waals surface area contributed by atoms with Crippen molar-refractivity contribution in [3.8, 4) is 0 Å². The Kier molecular flexibility index (Phi) is 5.82. The summed E-state index contributed by atoms with van der Waals surface area (Å²) in [6, 6.07) is 3.61. The van der Waals surface area contributed by atoms with Gasteiger partial charge >= 0.3 is 0 Å². The molecule has 1 N–H and O–H groups in total. The maximum atomic E-state index is 12.6. The minimum atomic E-state index is -3.36. The summed E-state index contributed by atoms with van der Waals surface area (Å²) >= 11 is 3.42. The monoisotopic (exact) mass is 368 g/mol. The topological polar surface area (TPSA) is 49.4 Å². The van der Waals surface area contributed by atoms with Crippen molar-refractivity contribution in [2.45, 2.75) is 18.7 Å². The molecule has 1 saturated heterocycles. The van der Waals surface area contributed by atoms with Crippen LogP contribution >= 0.6 is 28.3 Å². The van der Waals surface area contributed by atoms with E-state index < -0.39 is 10.0 Å². The minimum Gasteiger partial charge on any atom is -0.314 e. The van der Waals surface area contributed by atoms with Crippen LogP contribution in [0.25, 0.3) is 0 Å². The van der Waals surface area contributed by atoms with Crippen LogP contribution < -0.4 is 5.32 Å². The van der Waals surface area contributed by atoms with Crippen molar-refractivity contribution in [1.82, 2.24) is 9.62 Å². The number of nitrogens with one attached hydrogen (secondary N) is 1. The third-order valence-corrected chi connectivity index (χ3v) is 6.04. The smallest absolute Gasteiger partial charge is 0.243 e. The van der Waals surface area contributed by atoms with Gasteiger partial charge in [0.2, 0.25) is 10.0 Å². The van der Waals surface area contributed by atoms with Gasteiger partial charge in [-0.3, -0.25) is 0 Å². The molecule has 0 amide bonds. The lowest BCUT2D eigenvalue weighted by Gasteiger charge is -2.27. The van der Waals surface area contributed by atoms with Gasteiger partial charge in [-0.15, -0.1) is 12.4 Å². The van der Waals surface area contributed by atoms with Crippen molar-refractivity contribution >= 4 is 38.4 Å². The number of piperazine rings is 1. The van der Waals surface area contributed by atoms with Gasteiger partial charge in [-0.2, -0.15) is 4.31 Å². The zero-order valence-electron chi connectivity index (χ0n) is 10.9. The van der Waals surface area contributed by atoms with E-state index in [1.54, 1.807) is 10.4 Å². The predicted molar refractivity (Wildman–Crippen MR) is 82.5 cm³/mol. The van der Waals surface area contributed by atoms with Crippen molar-refractivity contribution in [2.75, 3.05) is 26.2 Å². The van der Waals surface area contributed by atoms with Crippen molar-refractivity contribution in [2.24, 2.45) is 0 Å². The molecule has 1 aliphatic heterocycles. The largest absolute Gasteiger partial charge is 0.314 e. The van der Waals surface area contributed by atoms with Crippen LogP contribution in [0.4, 0.5) is 0 Å². The number of benzene rings is 1. The molecule has 2 rings (SSSR count). The van der Waals surface area contributed by atoms with E-state index in [1.807, 2.05) is 19.9 Å². The Hall–Kier alpha value is -0.140. The van der Waals surface area contributed by atoms with Gasteiger partial charge < -0.3 is 5.32 Å². The molecular weight excluding hydrogens is 352 g/mol. The Morgan fingerprint density at radius 3 is 2.32 bits per heavy atom. The lowest BCUT2D eigenvalue weighted by molar-refractivity contribution is 0.360. The zero-order chi connectivity index (χ0) is 13.3. The Morgan fingerprint density at radius 1 is 1.16 bits per heavy atom. The first-order chi connectivity index (χ1) is 8.43. The number of hydrogen-bond donors (Lipinski definition) is 1. The van der Waals surface area contributed by atoms with Crippen LogP contribution in [0.5, 0.6) is 0 Å². The second kappa shape index (κ2) is 6.54. The van der Waals surface area contributed by atoms with E-state index in [4.69, 9.17) is 0 Å². The summed E-state index contributed by atoms with van der Waals surface area (Å²) in [5.41, 5.74) is 1.72. The highest BCUT2D eigenvalue weighted by Gasteiger charge is 2.27. The quantitative estimate of drug-likeness (QED) is 0.868. The maximum absolute atomic E-state index is 12.6. The van der Waals surface area contributed by atoms with Gasteiger partial charge in [0.1, 0.15) is 0 Å². The lowest BCUT2D eigenvalue weighted by Crippen LogP contribution is -2.46. The molecule has 0 aromatic heterocycles. The van der Waals surface area contributed by atoms with E-state index in [-0.39, 0.29) is 12.4 Å². The second-order valence-corrected chi connectivity index (χ2v) is 7.28. The number of halogens is 2. The molecule has 19 heavy (non-hydrogen) atoms. The van der Waals surface area contributed by atoms with E-state index in [1.165, 1.54) is 0 Å². The normalized spacial score (nSPS) is 17.0. The molecule has 1 heterocycles. The summed E-state index contributed by atoms with van der Waals surface area (Å²) < 4.78 is 27.6. The van der Waals surface area contributed by atoms with Crippen LogP contribution in [0, 0.1) is 13.8 Å². The van der Waals surface area contributed by atoms with Gasteiger partial charge in [-0.05, 0) is 37.1 Å². The number of rotatable bonds is 2. The summed E-state index contributed by atoms with van der Waals surface area (Å²) in [7, 11) is -3.36. The van der Waals surface area contributed by atoms with E-state index in [0.29, 0.717) is 31.1 Å². The van der Waals surface area contributed by atoms with E-state index in [9.17, 15) is 8.42 Å². The molecule has 0 spiro atoms. The highest BCUT2D eigenvalue weighted by atomic mass is 79.9. The van der Waals surface area contributed by atoms with Crippen LogP contribution in [-0.4, -0.2) is 38.9 Å². The third kappa shape index (κ3) is 3.49. The molecular formula is C12H18BrClN2O2S. The van der Waals surface area contributed by atoms with Crippen LogP contribution in [0.3, 0.4) is 0 Å². The van der Waals surface area contributed by atoms with Gasteiger partial charge in [0.25, 0.3) is 0 Å². The highest BCUT2D eigenvalue weighted by Crippen LogP contribution is 2.26. The SMILES string of the molecule is Cc1cc(S(=O)(=O)N2CCNCC2)c(C)cc1Br.Cl. The second-order valence-electron chi connectivity index (χ2n) is 4.52. The van der Waals surface area contributed by atoms with E-state index >= 15 is 0 Å². The highest BCUT2D eigenvalue weighted by molar-refractivity contribution is 9.10. The molecule has 0 aliphatic carbocycles. The summed E-state index contributed by atoms with van der Waals surface area (Å²) in [6.45, 7) is 6.24. The van der Waals surface area contributed by atoms with Crippen LogP contribution in [0.1, 0.15) is 11.1 Å². The number of aryl methyl sites for hydroxylation is 2. The standard InChI is InChI=1S/C12H17BrN2O2S.ClH/c1-9-8-12(10(2)7-11(9)13)18(16,17)15-5-3-14-4-6-15;/h7-8,14H,3-6H2,1-2H3;1H. The third-order valence-electron chi connectivity index (χ3n) is 3.15. The summed E-state index contributed by atoms with van der Waals surface area (Å²) in [4.78, 5) is 0.421. The Labute approximate surface area is 129 Å². The minimum absolute atomic E-state index is 0. The molecule has 0 atom stereocenters. The van der Waals surface area contributed by atoms with Crippen molar-refractivity contribution in [1.29, 1.82) is 0 Å². The first-order valence-electron chi connectivity index (χ1n) is 5.90. The van der Waals surface area contributed by atoms with Gasteiger partial charge in [0.05, 0.1) is 4.90 Å². The average Bonchev–Trinajstić information content (AvgIpc) is 2.34. The van der Waals surface area contributed by atoms with Crippen LogP contribution in [0.15, 0.2) is 21.5 Å². The molecule has 0 radical (unpaired) electrons. The molecule has 7 heteroatoms. The molecule has 108 valence electrons. The molecule has 0 saturated carbocycles. The van der Waals surface area contributed by atoms with Crippen molar-refractivity contribution in [3.63, 3.8) is 0 Å². The fourth-order valence-electron chi connectivity index (χ4n) is 2.06. The summed E-state index contributed by atoms with van der Waals surface area (Å²) in [5, 5.41) is 3.16. The summed E-state index contributed by atoms with van der Waals surface area (Å²) in [6.07, 6.45) is 0. The fraction of sp³-hybridized carbons (Fsp3) is 0.500. The molecule has 0 bridgehead atoms. The first kappa shape index (κ1) is 16.9. The predicted octanol–water partition coefficient (Wildman–Crippen LogP) is 2.08. The Morgan fingerprint density at radius 2 is 1.74 bits per heavy atom. The van der Waals surface area contributed by atoms with Crippen LogP contribution in [-0.2, 0) is 10.0 Å². The maximum Gasteiger partial charge on any atom is 0.243 e. The zero-order valence-corrected chi connectivity index (χ0v) is 14.2. The number of nitrogens with zero attached hydrogens (tertiary/aromatic N) is 1. The van der Waals surface area contributed by atoms with E-state index in [2.05, 4.69) is 21.2 Å². The van der Waals surface area contributed by atoms with Gasteiger partial charge in [0.15, 0.2) is 0 Å². The number of hydrogen-bond acceptors (Lipinski definition) is 3. The lowest BCUT2D eigenvalue weighted by atomic mass is 10.2. The molecule has 1 fully saturated rings. The Balaban J connectivity index is 0.00000180. The molecule has 4 nitrogen and oxygen atoms in total. The van der Waals surface area contributed by atoms with Gasteiger partial charge in [0, 0.05) is 30.7 Å². The first-order valence-corrected chi connectivity index (χ1v) is 8.14. The molecule has 1 aromatic carbocycles. The van der Waals surface area contributed by atoms with Gasteiger partial charge in [-0.1, -0.05) is 15.9 Å². The van der Waals surface area contributed by atoms with Crippen LogP contribution in [0.2, 0.25) is 0 Å². The average molecular weight is 370 g/mol. The van der Waals surface area contributed by atoms with Crippen molar-refractivity contribution < 1.29 is 8.42 Å². The van der Waals surface area contributed by atoms with Gasteiger partial charge in [-0.25, -0.2) is 8.42 Å². The number of sulfonamides is 1. The molecule has 1 aromatic rings.